The van der Waals surface area contributed by atoms with Gasteiger partial charge in [-0.1, -0.05) is 0 Å². The highest BCUT2D eigenvalue weighted by atomic mass is 31.3. The molecule has 3 heterocycles. The van der Waals surface area contributed by atoms with Crippen LogP contribution >= 0.6 is 15.6 Å². The lowest BCUT2D eigenvalue weighted by Crippen LogP contribution is -2.60. The molecule has 2 saturated heterocycles. The molecule has 0 saturated carbocycles. The van der Waals surface area contributed by atoms with Crippen molar-refractivity contribution in [1.29, 1.82) is 0 Å². The first-order chi connectivity index (χ1) is 16.1. The van der Waals surface area contributed by atoms with Crippen LogP contribution in [0.25, 0.3) is 0 Å². The van der Waals surface area contributed by atoms with Crippen LogP contribution in [-0.2, 0) is 32.0 Å². The Morgan fingerprint density at radius 2 is 1.71 bits per heavy atom. The van der Waals surface area contributed by atoms with Crippen LogP contribution in [-0.4, -0.2) is 95.3 Å². The monoisotopic (exact) mass is 549 g/mol. The molecule has 0 aromatic carbocycles. The molecule has 0 aliphatic carbocycles. The molecule has 3 rings (SSSR count). The van der Waals surface area contributed by atoms with E-state index in [0.29, 0.717) is 0 Å². The van der Waals surface area contributed by atoms with Crippen LogP contribution in [0.3, 0.4) is 0 Å². The van der Waals surface area contributed by atoms with E-state index in [1.807, 2.05) is 4.98 Å². The lowest BCUT2D eigenvalue weighted by Gasteiger charge is -2.39. The Morgan fingerprint density at radius 3 is 2.34 bits per heavy atom. The summed E-state index contributed by atoms with van der Waals surface area (Å²) in [4.78, 5) is 44.6. The summed E-state index contributed by atoms with van der Waals surface area (Å²) in [6, 6.07) is -0.108. The highest BCUT2D eigenvalue weighted by Crippen LogP contribution is 2.61. The van der Waals surface area contributed by atoms with Gasteiger partial charge >= 0.3 is 21.3 Å². The van der Waals surface area contributed by atoms with Crippen LogP contribution in [0.15, 0.2) is 21.9 Å². The van der Waals surface area contributed by atoms with Crippen molar-refractivity contribution in [2.45, 2.75) is 62.1 Å². The number of rotatable bonds is 8. The maximum absolute atomic E-state index is 12.2. The van der Waals surface area contributed by atoms with Gasteiger partial charge in [0.05, 0.1) is 18.8 Å². The summed E-state index contributed by atoms with van der Waals surface area (Å²) >= 11 is 0. The zero-order valence-electron chi connectivity index (χ0n) is 17.8. The maximum atomic E-state index is 12.2. The summed E-state index contributed by atoms with van der Waals surface area (Å²) in [5.41, 5.74) is 3.87. The predicted molar refractivity (Wildman–Crippen MR) is 109 cm³/mol. The molecule has 0 amide bonds. The van der Waals surface area contributed by atoms with Gasteiger partial charge in [0.15, 0.2) is 12.5 Å². The van der Waals surface area contributed by atoms with Crippen molar-refractivity contribution >= 4 is 15.6 Å². The quantitative estimate of drug-likeness (QED) is 0.144. The second kappa shape index (κ2) is 10.6. The van der Waals surface area contributed by atoms with Gasteiger partial charge in [-0.2, -0.15) is 4.31 Å². The SMILES string of the molecule is C[C@H]1O[C@H](OP(=O)(O)OP(=O)(O)OC[C@H]2O[C@@H](n3ccc(=O)[nH]c3=O)[C@H](O)[C@@H]2O)[C@H](O)[C@@H](O)[C@H]1N. The van der Waals surface area contributed by atoms with E-state index in [1.165, 1.54) is 6.92 Å². The van der Waals surface area contributed by atoms with Crippen molar-refractivity contribution in [3.05, 3.63) is 33.1 Å². The van der Waals surface area contributed by atoms with Gasteiger partial charge in [-0.15, -0.1) is 0 Å². The van der Waals surface area contributed by atoms with Crippen molar-refractivity contribution in [2.24, 2.45) is 5.73 Å². The second-order valence-electron chi connectivity index (χ2n) is 7.75. The number of nitrogens with two attached hydrogens (primary N) is 1. The molecule has 0 radical (unpaired) electrons. The van der Waals surface area contributed by atoms with Crippen molar-refractivity contribution in [1.82, 2.24) is 9.55 Å². The number of phosphoric ester groups is 2. The number of aromatic nitrogens is 2. The van der Waals surface area contributed by atoms with Crippen molar-refractivity contribution in [3.8, 4) is 0 Å². The lowest BCUT2D eigenvalue weighted by atomic mass is 9.98. The molecule has 35 heavy (non-hydrogen) atoms. The van der Waals surface area contributed by atoms with Crippen LogP contribution in [0.1, 0.15) is 13.2 Å². The standard InChI is InChI=1S/C15H25N3O15P2/c1-5-8(16)10(21)12(23)14(30-5)32-35(27,28)33-34(25,26)29-4-6-9(20)11(22)13(31-6)18-3-2-7(19)17-15(18)24/h2-3,5-6,8-14,20-23H,4,16H2,1H3,(H,25,26)(H,27,28)(H,17,19,24)/t5-,6-,8+,9-,10+,11-,12-,13-,14-/m1/s1. The Labute approximate surface area is 195 Å². The molecule has 11 atom stereocenters. The first-order valence-electron chi connectivity index (χ1n) is 9.92. The molecule has 0 spiro atoms. The minimum Gasteiger partial charge on any atom is -0.388 e. The molecule has 200 valence electrons. The van der Waals surface area contributed by atoms with Crippen LogP contribution in [0.5, 0.6) is 0 Å². The number of nitrogens with zero attached hydrogens (tertiary/aromatic N) is 1. The number of hydrogen-bond acceptors (Lipinski definition) is 14. The molecule has 1 aromatic rings. The van der Waals surface area contributed by atoms with E-state index in [2.05, 4.69) is 13.4 Å². The van der Waals surface area contributed by atoms with E-state index in [4.69, 9.17) is 15.2 Å². The minimum atomic E-state index is -5.46. The summed E-state index contributed by atoms with van der Waals surface area (Å²) in [6.45, 7) is 0.392. The van der Waals surface area contributed by atoms with Gasteiger partial charge < -0.3 is 45.4 Å². The fourth-order valence-corrected chi connectivity index (χ4v) is 5.49. The summed E-state index contributed by atoms with van der Waals surface area (Å²) in [5, 5.41) is 40.0. The van der Waals surface area contributed by atoms with Gasteiger partial charge in [-0.3, -0.25) is 23.4 Å². The van der Waals surface area contributed by atoms with E-state index in [1.54, 1.807) is 0 Å². The van der Waals surface area contributed by atoms with Gasteiger partial charge in [0.1, 0.15) is 30.5 Å². The third-order valence-electron chi connectivity index (χ3n) is 5.22. The van der Waals surface area contributed by atoms with Crippen molar-refractivity contribution in [3.63, 3.8) is 0 Å². The van der Waals surface area contributed by atoms with Gasteiger partial charge in [0, 0.05) is 12.3 Å². The molecule has 2 unspecified atom stereocenters. The van der Waals surface area contributed by atoms with Gasteiger partial charge in [0.2, 0.25) is 0 Å². The predicted octanol–water partition coefficient (Wildman–Crippen LogP) is -3.80. The average Bonchev–Trinajstić information content (AvgIpc) is 3.02. The molecule has 0 bridgehead atoms. The Hall–Kier alpha value is -1.34. The lowest BCUT2D eigenvalue weighted by molar-refractivity contribution is -0.242. The topological polar surface area (TPSA) is 283 Å². The highest BCUT2D eigenvalue weighted by molar-refractivity contribution is 7.61. The van der Waals surface area contributed by atoms with E-state index >= 15 is 0 Å². The Balaban J connectivity index is 1.61. The number of aromatic amines is 1. The minimum absolute atomic E-state index is 0.730. The molecular formula is C15H25N3O15P2. The Bertz CT molecular complexity index is 1110. The first-order valence-corrected chi connectivity index (χ1v) is 12.9. The number of phosphoric acid groups is 2. The average molecular weight is 549 g/mol. The van der Waals surface area contributed by atoms with Crippen LogP contribution in [0, 0.1) is 0 Å². The summed E-state index contributed by atoms with van der Waals surface area (Å²) in [7, 11) is -10.9. The van der Waals surface area contributed by atoms with E-state index in [0.717, 1.165) is 16.8 Å². The summed E-state index contributed by atoms with van der Waals surface area (Å²) in [5.74, 6) is 0. The van der Waals surface area contributed by atoms with Crippen LogP contribution < -0.4 is 17.0 Å². The number of hydrogen-bond donors (Lipinski definition) is 8. The fraction of sp³-hybridized carbons (Fsp3) is 0.733. The zero-order valence-corrected chi connectivity index (χ0v) is 19.6. The second-order valence-corrected chi connectivity index (χ2v) is 10.7. The largest absolute Gasteiger partial charge is 0.483 e. The van der Waals surface area contributed by atoms with Crippen molar-refractivity contribution < 1.29 is 62.2 Å². The van der Waals surface area contributed by atoms with Gasteiger partial charge in [-0.05, 0) is 6.92 Å². The molecule has 2 aliphatic rings. The third-order valence-corrected chi connectivity index (χ3v) is 7.82. The zero-order chi connectivity index (χ0) is 26.3. The molecular weight excluding hydrogens is 524 g/mol. The molecule has 2 aliphatic heterocycles. The summed E-state index contributed by atoms with van der Waals surface area (Å²) in [6.07, 6.45) is -12.0. The third kappa shape index (κ3) is 6.51. The Morgan fingerprint density at radius 1 is 1.06 bits per heavy atom. The molecule has 2 fully saturated rings. The van der Waals surface area contributed by atoms with Gasteiger partial charge in [0.25, 0.3) is 5.56 Å². The first kappa shape index (κ1) is 28.2. The molecule has 18 nitrogen and oxygen atoms in total. The molecule has 9 N–H and O–H groups in total. The number of aliphatic hydroxyl groups is 4. The Kier molecular flexibility index (Phi) is 8.52. The van der Waals surface area contributed by atoms with Crippen LogP contribution in [0.2, 0.25) is 0 Å². The van der Waals surface area contributed by atoms with Crippen molar-refractivity contribution in [2.75, 3.05) is 6.61 Å². The summed E-state index contributed by atoms with van der Waals surface area (Å²) < 4.78 is 48.6. The normalized spacial score (nSPS) is 39.1. The van der Waals surface area contributed by atoms with Crippen LogP contribution in [0.4, 0.5) is 0 Å². The number of ether oxygens (including phenoxy) is 2. The van der Waals surface area contributed by atoms with E-state index < -0.39 is 88.7 Å². The number of aliphatic hydroxyl groups excluding tert-OH is 4. The smallest absolute Gasteiger partial charge is 0.388 e. The van der Waals surface area contributed by atoms with E-state index in [-0.39, 0.29) is 0 Å². The van der Waals surface area contributed by atoms with Gasteiger partial charge in [-0.25, -0.2) is 13.9 Å². The maximum Gasteiger partial charge on any atom is 0.483 e. The molecule has 20 heteroatoms. The fourth-order valence-electron chi connectivity index (χ4n) is 3.33. The van der Waals surface area contributed by atoms with E-state index in [9.17, 15) is 48.9 Å². The number of nitrogens with one attached hydrogen (secondary N) is 1. The number of H-pyrrole nitrogens is 1. The highest BCUT2D eigenvalue weighted by Gasteiger charge is 2.48. The molecule has 1 aromatic heterocycles.